The van der Waals surface area contributed by atoms with Gasteiger partial charge in [-0.25, -0.2) is 0 Å². The van der Waals surface area contributed by atoms with Crippen molar-refractivity contribution in [2.24, 2.45) is 5.41 Å². The van der Waals surface area contributed by atoms with Crippen molar-refractivity contribution in [2.45, 2.75) is 58.0 Å². The molecule has 3 nitrogen and oxygen atoms in total. The Hall–Kier alpha value is -0.120. The van der Waals surface area contributed by atoms with Crippen LogP contribution in [0.15, 0.2) is 0 Å². The van der Waals surface area contributed by atoms with Gasteiger partial charge in [0.15, 0.2) is 0 Å². The van der Waals surface area contributed by atoms with Crippen LogP contribution in [0, 0.1) is 5.41 Å². The van der Waals surface area contributed by atoms with E-state index in [0.717, 1.165) is 12.1 Å². The minimum atomic E-state index is 0.549. The molecular formula is C16H31N3. The van der Waals surface area contributed by atoms with Gasteiger partial charge in [-0.1, -0.05) is 6.92 Å². The summed E-state index contributed by atoms with van der Waals surface area (Å²) >= 11 is 0. The Balaban J connectivity index is 1.64. The van der Waals surface area contributed by atoms with Crippen LogP contribution >= 0.6 is 0 Å². The summed E-state index contributed by atoms with van der Waals surface area (Å²) in [5, 5.41) is 3.64. The summed E-state index contributed by atoms with van der Waals surface area (Å²) in [6, 6.07) is 1.61. The number of piperazine rings is 1. The number of nitrogens with one attached hydrogen (secondary N) is 1. The number of piperidine rings is 1. The molecule has 3 aliphatic heterocycles. The quantitative estimate of drug-likeness (QED) is 0.841. The molecule has 3 aliphatic rings. The smallest absolute Gasteiger partial charge is 0.0224 e. The fraction of sp³-hybridized carbons (Fsp3) is 1.00. The zero-order valence-corrected chi connectivity index (χ0v) is 12.8. The molecule has 19 heavy (non-hydrogen) atoms. The summed E-state index contributed by atoms with van der Waals surface area (Å²) in [6.45, 7) is 12.6. The van der Waals surface area contributed by atoms with Gasteiger partial charge < -0.3 is 5.32 Å². The number of rotatable bonds is 3. The molecule has 0 bridgehead atoms. The average molecular weight is 265 g/mol. The maximum absolute atomic E-state index is 3.64. The zero-order valence-electron chi connectivity index (χ0n) is 12.8. The van der Waals surface area contributed by atoms with Crippen LogP contribution in [0.1, 0.15) is 46.0 Å². The van der Waals surface area contributed by atoms with E-state index in [1.165, 1.54) is 71.4 Å². The molecule has 3 atom stereocenters. The first kappa shape index (κ1) is 13.8. The first-order valence-corrected chi connectivity index (χ1v) is 8.41. The van der Waals surface area contributed by atoms with Crippen molar-refractivity contribution in [3.63, 3.8) is 0 Å². The monoisotopic (exact) mass is 265 g/mol. The van der Waals surface area contributed by atoms with Crippen molar-refractivity contribution in [1.82, 2.24) is 15.1 Å². The van der Waals surface area contributed by atoms with Crippen LogP contribution in [0.25, 0.3) is 0 Å². The lowest BCUT2D eigenvalue weighted by molar-refractivity contribution is 0.0161. The molecule has 1 N–H and O–H groups in total. The minimum Gasteiger partial charge on any atom is -0.316 e. The molecule has 3 rings (SSSR count). The van der Waals surface area contributed by atoms with Gasteiger partial charge in [-0.3, -0.25) is 9.80 Å². The van der Waals surface area contributed by atoms with Crippen LogP contribution in [0.5, 0.6) is 0 Å². The fourth-order valence-corrected chi connectivity index (χ4v) is 4.48. The number of fused-ring (bicyclic) bond motifs is 1. The third-order valence-electron chi connectivity index (χ3n) is 5.92. The number of hydrogen-bond acceptors (Lipinski definition) is 3. The second kappa shape index (κ2) is 5.71. The second-order valence-electron chi connectivity index (χ2n) is 7.20. The van der Waals surface area contributed by atoms with Gasteiger partial charge in [0.1, 0.15) is 0 Å². The standard InChI is InChI=1S/C16H31N3/c1-3-16(7-5-8-17-12-16)13-19-11-15-6-4-9-18(15)10-14(19)2/h14-15,17H,3-13H2,1-2H3. The molecule has 0 radical (unpaired) electrons. The molecule has 3 heteroatoms. The summed E-state index contributed by atoms with van der Waals surface area (Å²) in [6.07, 6.45) is 6.98. The molecule has 0 aliphatic carbocycles. The molecule has 110 valence electrons. The highest BCUT2D eigenvalue weighted by molar-refractivity contribution is 4.95. The van der Waals surface area contributed by atoms with Crippen molar-refractivity contribution in [2.75, 3.05) is 39.3 Å². The summed E-state index contributed by atoms with van der Waals surface area (Å²) < 4.78 is 0. The molecule has 3 unspecified atom stereocenters. The molecule has 3 saturated heterocycles. The number of hydrogen-bond donors (Lipinski definition) is 1. The van der Waals surface area contributed by atoms with Crippen molar-refractivity contribution >= 4 is 0 Å². The van der Waals surface area contributed by atoms with E-state index in [0.29, 0.717) is 5.41 Å². The highest BCUT2D eigenvalue weighted by Crippen LogP contribution is 2.34. The maximum Gasteiger partial charge on any atom is 0.0224 e. The Bertz CT molecular complexity index is 298. The third kappa shape index (κ3) is 2.84. The first-order valence-electron chi connectivity index (χ1n) is 8.41. The van der Waals surface area contributed by atoms with Gasteiger partial charge in [0.05, 0.1) is 0 Å². The second-order valence-corrected chi connectivity index (χ2v) is 7.20. The molecule has 3 heterocycles. The van der Waals surface area contributed by atoms with E-state index in [4.69, 9.17) is 0 Å². The predicted octanol–water partition coefficient (Wildman–Crippen LogP) is 1.93. The van der Waals surface area contributed by atoms with Gasteiger partial charge in [0.25, 0.3) is 0 Å². The summed E-state index contributed by atoms with van der Waals surface area (Å²) in [5.74, 6) is 0. The van der Waals surface area contributed by atoms with Crippen LogP contribution in [0.2, 0.25) is 0 Å². The first-order chi connectivity index (χ1) is 9.22. The Kier molecular flexibility index (Phi) is 4.16. The Morgan fingerprint density at radius 2 is 2.16 bits per heavy atom. The van der Waals surface area contributed by atoms with Crippen molar-refractivity contribution < 1.29 is 0 Å². The maximum atomic E-state index is 3.64. The predicted molar refractivity (Wildman–Crippen MR) is 80.5 cm³/mol. The molecule has 0 aromatic heterocycles. The van der Waals surface area contributed by atoms with E-state index >= 15 is 0 Å². The van der Waals surface area contributed by atoms with Crippen LogP contribution in [0.3, 0.4) is 0 Å². The van der Waals surface area contributed by atoms with E-state index in [9.17, 15) is 0 Å². The lowest BCUT2D eigenvalue weighted by atomic mass is 9.77. The summed E-state index contributed by atoms with van der Waals surface area (Å²) in [7, 11) is 0. The molecule has 0 amide bonds. The van der Waals surface area contributed by atoms with Crippen LogP contribution in [-0.2, 0) is 0 Å². The molecule has 0 aromatic rings. The van der Waals surface area contributed by atoms with Crippen LogP contribution in [0.4, 0.5) is 0 Å². The van der Waals surface area contributed by atoms with Crippen LogP contribution in [-0.4, -0.2) is 61.2 Å². The van der Waals surface area contributed by atoms with Gasteiger partial charge in [-0.2, -0.15) is 0 Å². The zero-order chi connectivity index (χ0) is 13.3. The number of nitrogens with zero attached hydrogens (tertiary/aromatic N) is 2. The van der Waals surface area contributed by atoms with Gasteiger partial charge in [0.2, 0.25) is 0 Å². The van der Waals surface area contributed by atoms with Gasteiger partial charge in [0, 0.05) is 38.3 Å². The molecule has 3 fully saturated rings. The Labute approximate surface area is 118 Å². The average Bonchev–Trinajstić information content (AvgIpc) is 2.87. The lowest BCUT2D eigenvalue weighted by Crippen LogP contribution is -2.58. The lowest BCUT2D eigenvalue weighted by Gasteiger charge is -2.48. The molecule has 0 spiro atoms. The summed E-state index contributed by atoms with van der Waals surface area (Å²) in [5.41, 5.74) is 0.549. The Morgan fingerprint density at radius 3 is 2.89 bits per heavy atom. The van der Waals surface area contributed by atoms with E-state index in [1.807, 2.05) is 0 Å². The van der Waals surface area contributed by atoms with Gasteiger partial charge >= 0.3 is 0 Å². The van der Waals surface area contributed by atoms with E-state index in [-0.39, 0.29) is 0 Å². The Morgan fingerprint density at radius 1 is 1.26 bits per heavy atom. The highest BCUT2D eigenvalue weighted by atomic mass is 15.3. The van der Waals surface area contributed by atoms with E-state index in [1.54, 1.807) is 0 Å². The van der Waals surface area contributed by atoms with Gasteiger partial charge in [-0.15, -0.1) is 0 Å². The summed E-state index contributed by atoms with van der Waals surface area (Å²) in [4.78, 5) is 5.54. The van der Waals surface area contributed by atoms with Crippen molar-refractivity contribution in [1.29, 1.82) is 0 Å². The molecule has 0 saturated carbocycles. The third-order valence-corrected chi connectivity index (χ3v) is 5.92. The highest BCUT2D eigenvalue weighted by Gasteiger charge is 2.39. The van der Waals surface area contributed by atoms with Crippen molar-refractivity contribution in [3.05, 3.63) is 0 Å². The van der Waals surface area contributed by atoms with Crippen LogP contribution < -0.4 is 5.32 Å². The van der Waals surface area contributed by atoms with Crippen molar-refractivity contribution in [3.8, 4) is 0 Å². The molecular weight excluding hydrogens is 234 g/mol. The molecule has 0 aromatic carbocycles. The van der Waals surface area contributed by atoms with E-state index in [2.05, 4.69) is 29.0 Å². The normalized spacial score (nSPS) is 41.4. The SMILES string of the molecule is CCC1(CN2CC3CCCN3CC2C)CCCNC1. The topological polar surface area (TPSA) is 18.5 Å². The fourth-order valence-electron chi connectivity index (χ4n) is 4.48. The van der Waals surface area contributed by atoms with Gasteiger partial charge in [-0.05, 0) is 57.5 Å². The minimum absolute atomic E-state index is 0.549. The largest absolute Gasteiger partial charge is 0.316 e. The van der Waals surface area contributed by atoms with E-state index < -0.39 is 0 Å².